The molecule has 5 rings (SSSR count). The Morgan fingerprint density at radius 3 is 2.58 bits per heavy atom. The molecule has 2 aromatic rings. The van der Waals surface area contributed by atoms with Crippen LogP contribution in [-0.4, -0.2) is 37.2 Å². The van der Waals surface area contributed by atoms with E-state index in [-0.39, 0.29) is 0 Å². The first-order valence-corrected chi connectivity index (χ1v) is 10.1. The van der Waals surface area contributed by atoms with Crippen LogP contribution >= 0.6 is 0 Å². The van der Waals surface area contributed by atoms with Crippen LogP contribution in [0.2, 0.25) is 0 Å². The number of nitrogens with zero attached hydrogens (tertiary/aromatic N) is 2. The molecule has 136 valence electrons. The van der Waals surface area contributed by atoms with Crippen LogP contribution in [0.3, 0.4) is 0 Å². The molecule has 2 heterocycles. The van der Waals surface area contributed by atoms with Crippen LogP contribution in [0.1, 0.15) is 48.4 Å². The van der Waals surface area contributed by atoms with Gasteiger partial charge in [-0.2, -0.15) is 0 Å². The first-order chi connectivity index (χ1) is 12.8. The Labute approximate surface area is 156 Å². The Bertz CT molecular complexity index is 769. The molecular formula is C23H28N2O. The van der Waals surface area contributed by atoms with E-state index < -0.39 is 0 Å². The van der Waals surface area contributed by atoms with Crippen molar-refractivity contribution in [1.82, 2.24) is 4.90 Å². The Kier molecular flexibility index (Phi) is 4.22. The Morgan fingerprint density at radius 2 is 1.77 bits per heavy atom. The van der Waals surface area contributed by atoms with E-state index in [4.69, 9.17) is 4.74 Å². The average molecular weight is 348 g/mol. The highest BCUT2D eigenvalue weighted by atomic mass is 16.5. The summed E-state index contributed by atoms with van der Waals surface area (Å²) in [5, 5.41) is 0. The van der Waals surface area contributed by atoms with Gasteiger partial charge in [0.05, 0.1) is 13.2 Å². The lowest BCUT2D eigenvalue weighted by atomic mass is 9.90. The molecule has 0 amide bonds. The van der Waals surface area contributed by atoms with Crippen molar-refractivity contribution in [1.29, 1.82) is 0 Å². The molecule has 2 saturated heterocycles. The fraction of sp³-hybridized carbons (Fsp3) is 0.478. The number of ether oxygens (including phenoxy) is 1. The Balaban J connectivity index is 1.51. The van der Waals surface area contributed by atoms with E-state index in [1.807, 2.05) is 0 Å². The molecular weight excluding hydrogens is 320 g/mol. The molecule has 0 radical (unpaired) electrons. The van der Waals surface area contributed by atoms with Crippen molar-refractivity contribution in [2.24, 2.45) is 0 Å². The maximum absolute atomic E-state index is 5.59. The molecule has 1 aliphatic carbocycles. The van der Waals surface area contributed by atoms with Gasteiger partial charge in [0.25, 0.3) is 0 Å². The SMILES string of the molecule is CC1CC2CC(c3c2cccc3N2CCOCC2)N1Cc1ccccc1. The van der Waals surface area contributed by atoms with Crippen LogP contribution in [0.15, 0.2) is 48.5 Å². The van der Waals surface area contributed by atoms with Crippen LogP contribution in [0.25, 0.3) is 0 Å². The molecule has 0 aromatic heterocycles. The quantitative estimate of drug-likeness (QED) is 0.820. The zero-order valence-corrected chi connectivity index (χ0v) is 15.6. The monoisotopic (exact) mass is 348 g/mol. The van der Waals surface area contributed by atoms with Gasteiger partial charge < -0.3 is 9.64 Å². The number of hydrogen-bond donors (Lipinski definition) is 0. The molecule has 3 aliphatic rings. The number of hydrogen-bond acceptors (Lipinski definition) is 3. The topological polar surface area (TPSA) is 15.7 Å². The lowest BCUT2D eigenvalue weighted by Gasteiger charge is -2.40. The summed E-state index contributed by atoms with van der Waals surface area (Å²) < 4.78 is 5.59. The predicted molar refractivity (Wildman–Crippen MR) is 106 cm³/mol. The number of fused-ring (bicyclic) bond motifs is 5. The van der Waals surface area contributed by atoms with Gasteiger partial charge in [0, 0.05) is 37.4 Å². The maximum Gasteiger partial charge on any atom is 0.0642 e. The second kappa shape index (κ2) is 6.71. The van der Waals surface area contributed by atoms with Gasteiger partial charge in [-0.15, -0.1) is 0 Å². The van der Waals surface area contributed by atoms with Crippen molar-refractivity contribution in [2.45, 2.75) is 44.3 Å². The van der Waals surface area contributed by atoms with Crippen molar-refractivity contribution in [3.8, 4) is 0 Å². The summed E-state index contributed by atoms with van der Waals surface area (Å²) in [7, 11) is 0. The van der Waals surface area contributed by atoms with E-state index in [9.17, 15) is 0 Å². The molecule has 0 spiro atoms. The lowest BCUT2D eigenvalue weighted by Crippen LogP contribution is -2.40. The number of benzene rings is 2. The van der Waals surface area contributed by atoms with Crippen LogP contribution in [-0.2, 0) is 11.3 Å². The van der Waals surface area contributed by atoms with Gasteiger partial charge in [0.15, 0.2) is 0 Å². The molecule has 3 unspecified atom stereocenters. The zero-order valence-electron chi connectivity index (χ0n) is 15.6. The summed E-state index contributed by atoms with van der Waals surface area (Å²) in [6.07, 6.45) is 2.57. The molecule has 2 aromatic carbocycles. The largest absolute Gasteiger partial charge is 0.378 e. The summed E-state index contributed by atoms with van der Waals surface area (Å²) >= 11 is 0. The summed E-state index contributed by atoms with van der Waals surface area (Å²) in [4.78, 5) is 5.30. The standard InChI is InChI=1S/C23H28N2O/c1-17-14-19-15-22(25(17)16-18-6-3-2-4-7-18)23-20(19)8-5-9-21(23)24-10-12-26-13-11-24/h2-9,17,19,22H,10-16H2,1H3. The fourth-order valence-corrected chi connectivity index (χ4v) is 5.32. The number of anilines is 1. The molecule has 26 heavy (non-hydrogen) atoms. The number of likely N-dealkylation sites (tertiary alicyclic amines) is 1. The van der Waals surface area contributed by atoms with Crippen molar-refractivity contribution in [3.63, 3.8) is 0 Å². The van der Waals surface area contributed by atoms with Gasteiger partial charge >= 0.3 is 0 Å². The third kappa shape index (κ3) is 2.74. The third-order valence-electron chi connectivity index (χ3n) is 6.55. The Hall–Kier alpha value is -1.84. The van der Waals surface area contributed by atoms with Gasteiger partial charge in [0.1, 0.15) is 0 Å². The number of piperidine rings is 1. The Morgan fingerprint density at radius 1 is 0.962 bits per heavy atom. The zero-order chi connectivity index (χ0) is 17.5. The molecule has 0 saturated carbocycles. The minimum Gasteiger partial charge on any atom is -0.378 e. The van der Waals surface area contributed by atoms with Crippen LogP contribution in [0.5, 0.6) is 0 Å². The van der Waals surface area contributed by atoms with Crippen molar-refractivity contribution in [2.75, 3.05) is 31.2 Å². The molecule has 3 nitrogen and oxygen atoms in total. The molecule has 3 atom stereocenters. The molecule has 0 N–H and O–H groups in total. The smallest absolute Gasteiger partial charge is 0.0642 e. The summed E-state index contributed by atoms with van der Waals surface area (Å²) in [5.74, 6) is 0.734. The molecule has 2 fully saturated rings. The highest BCUT2D eigenvalue weighted by Crippen LogP contribution is 2.54. The minimum absolute atomic E-state index is 0.554. The van der Waals surface area contributed by atoms with Crippen LogP contribution in [0.4, 0.5) is 5.69 Å². The highest BCUT2D eigenvalue weighted by molar-refractivity contribution is 5.62. The third-order valence-corrected chi connectivity index (χ3v) is 6.55. The van der Waals surface area contributed by atoms with E-state index in [2.05, 4.69) is 65.3 Å². The first kappa shape index (κ1) is 16.3. The number of morpholine rings is 1. The van der Waals surface area contributed by atoms with Gasteiger partial charge in [-0.3, -0.25) is 4.90 Å². The summed E-state index contributed by atoms with van der Waals surface area (Å²) in [6.45, 7) is 7.20. The van der Waals surface area contributed by atoms with E-state index in [0.29, 0.717) is 12.1 Å². The van der Waals surface area contributed by atoms with E-state index in [0.717, 1.165) is 38.8 Å². The molecule has 3 heteroatoms. The minimum atomic E-state index is 0.554. The van der Waals surface area contributed by atoms with E-state index in [1.54, 1.807) is 11.1 Å². The van der Waals surface area contributed by atoms with Gasteiger partial charge in [-0.25, -0.2) is 0 Å². The summed E-state index contributed by atoms with van der Waals surface area (Å²) in [5.41, 5.74) is 6.11. The molecule has 2 bridgehead atoms. The van der Waals surface area contributed by atoms with E-state index >= 15 is 0 Å². The normalized spacial score (nSPS) is 28.2. The first-order valence-electron chi connectivity index (χ1n) is 10.1. The maximum atomic E-state index is 5.59. The predicted octanol–water partition coefficient (Wildman–Crippen LogP) is 4.35. The van der Waals surface area contributed by atoms with Gasteiger partial charge in [0.2, 0.25) is 0 Å². The lowest BCUT2D eigenvalue weighted by molar-refractivity contribution is 0.0872. The number of rotatable bonds is 3. The van der Waals surface area contributed by atoms with Crippen molar-refractivity contribution in [3.05, 3.63) is 65.2 Å². The second-order valence-electron chi connectivity index (χ2n) is 8.07. The molecule has 2 aliphatic heterocycles. The highest BCUT2D eigenvalue weighted by Gasteiger charge is 2.43. The average Bonchev–Trinajstić information content (AvgIpc) is 3.01. The summed E-state index contributed by atoms with van der Waals surface area (Å²) in [6, 6.07) is 19.2. The van der Waals surface area contributed by atoms with Crippen molar-refractivity contribution >= 4 is 5.69 Å². The fourth-order valence-electron chi connectivity index (χ4n) is 5.32. The van der Waals surface area contributed by atoms with Crippen molar-refractivity contribution < 1.29 is 4.74 Å². The van der Waals surface area contributed by atoms with Gasteiger partial charge in [-0.1, -0.05) is 42.5 Å². The second-order valence-corrected chi connectivity index (χ2v) is 8.07. The van der Waals surface area contributed by atoms with Gasteiger partial charge in [-0.05, 0) is 48.4 Å². The van der Waals surface area contributed by atoms with Crippen LogP contribution in [0, 0.1) is 0 Å². The van der Waals surface area contributed by atoms with E-state index in [1.165, 1.54) is 24.1 Å². The van der Waals surface area contributed by atoms with Crippen LogP contribution < -0.4 is 4.90 Å².